The van der Waals surface area contributed by atoms with E-state index in [-0.39, 0.29) is 35.3 Å². The molecule has 1 aromatic carbocycles. The molecular weight excluding hydrogens is 468 g/mol. The van der Waals surface area contributed by atoms with Crippen LogP contribution >= 0.6 is 12.4 Å². The molecule has 8 nitrogen and oxygen atoms in total. The molecule has 0 unspecified atom stereocenters. The zero-order chi connectivity index (χ0) is 23.2. The average Bonchev–Trinajstić information content (AvgIpc) is 3.30. The second-order valence-electron chi connectivity index (χ2n) is 7.74. The Kier molecular flexibility index (Phi) is 8.67. The first-order chi connectivity index (χ1) is 16.0. The molecule has 1 saturated heterocycles. The summed E-state index contributed by atoms with van der Waals surface area (Å²) in [5, 5.41) is 12.6. The van der Waals surface area contributed by atoms with Gasteiger partial charge in [-0.25, -0.2) is 8.78 Å². The van der Waals surface area contributed by atoms with Crippen LogP contribution in [-0.2, 0) is 11.2 Å². The summed E-state index contributed by atoms with van der Waals surface area (Å²) in [7, 11) is 0. The summed E-state index contributed by atoms with van der Waals surface area (Å²) < 4.78 is 32.2. The number of pyridine rings is 1. The Morgan fingerprint density at radius 2 is 2.03 bits per heavy atom. The third kappa shape index (κ3) is 6.15. The van der Waals surface area contributed by atoms with Crippen LogP contribution in [0.15, 0.2) is 53.2 Å². The van der Waals surface area contributed by atoms with Crippen LogP contribution in [0.5, 0.6) is 0 Å². The zero-order valence-corrected chi connectivity index (χ0v) is 18.9. The fourth-order valence-electron chi connectivity index (χ4n) is 3.74. The fourth-order valence-corrected chi connectivity index (χ4v) is 3.74. The van der Waals surface area contributed by atoms with Crippen molar-refractivity contribution >= 4 is 24.2 Å². The van der Waals surface area contributed by atoms with Gasteiger partial charge < -0.3 is 20.5 Å². The van der Waals surface area contributed by atoms with Crippen LogP contribution in [-0.4, -0.2) is 47.6 Å². The van der Waals surface area contributed by atoms with Crippen molar-refractivity contribution in [3.05, 3.63) is 71.7 Å². The number of nitrogens with one attached hydrogen (secondary N) is 3. The third-order valence-corrected chi connectivity index (χ3v) is 5.48. The quantitative estimate of drug-likeness (QED) is 0.468. The molecule has 2 amide bonds. The van der Waals surface area contributed by atoms with E-state index in [9.17, 15) is 18.4 Å². The van der Waals surface area contributed by atoms with Crippen LogP contribution in [0, 0.1) is 17.6 Å². The van der Waals surface area contributed by atoms with Gasteiger partial charge in [-0.05, 0) is 37.2 Å². The Labute approximate surface area is 200 Å². The number of hydrogen-bond acceptors (Lipinski definition) is 6. The molecular formula is C23H24ClF2N5O3. The van der Waals surface area contributed by atoms with Crippen molar-refractivity contribution in [2.75, 3.05) is 19.6 Å². The van der Waals surface area contributed by atoms with Crippen LogP contribution in [0.25, 0.3) is 11.3 Å². The minimum atomic E-state index is -0.820. The van der Waals surface area contributed by atoms with Gasteiger partial charge in [-0.3, -0.25) is 14.6 Å². The number of benzene rings is 1. The lowest BCUT2D eigenvalue weighted by atomic mass is 9.92. The SMILES string of the molecule is Cl.O=C(N[C@@H]1CCNC[C@H]1C(=O)NCCc1ccccn1)c1cc(-c2ccc(F)cc2F)on1. The van der Waals surface area contributed by atoms with Gasteiger partial charge in [0.15, 0.2) is 11.5 Å². The van der Waals surface area contributed by atoms with Gasteiger partial charge in [0.2, 0.25) is 5.91 Å². The number of carbonyl (C=O) groups is 2. The van der Waals surface area contributed by atoms with Crippen molar-refractivity contribution in [3.8, 4) is 11.3 Å². The van der Waals surface area contributed by atoms with Crippen LogP contribution < -0.4 is 16.0 Å². The molecule has 1 fully saturated rings. The largest absolute Gasteiger partial charge is 0.355 e. The topological polar surface area (TPSA) is 109 Å². The highest BCUT2D eigenvalue weighted by molar-refractivity contribution is 5.94. The number of nitrogens with zero attached hydrogens (tertiary/aromatic N) is 2. The molecule has 2 aromatic heterocycles. The number of amides is 2. The molecule has 0 saturated carbocycles. The van der Waals surface area contributed by atoms with Gasteiger partial charge in [-0.2, -0.15) is 0 Å². The van der Waals surface area contributed by atoms with Gasteiger partial charge in [-0.1, -0.05) is 11.2 Å². The van der Waals surface area contributed by atoms with Crippen molar-refractivity contribution < 1.29 is 22.9 Å². The molecule has 2 atom stereocenters. The molecule has 180 valence electrons. The summed E-state index contributed by atoms with van der Waals surface area (Å²) in [6.45, 7) is 1.50. The number of halogens is 3. The van der Waals surface area contributed by atoms with Gasteiger partial charge in [0, 0.05) is 49.6 Å². The van der Waals surface area contributed by atoms with Crippen LogP contribution in [0.2, 0.25) is 0 Å². The molecule has 0 aliphatic carbocycles. The molecule has 1 aliphatic rings. The van der Waals surface area contributed by atoms with Crippen LogP contribution in [0.4, 0.5) is 8.78 Å². The van der Waals surface area contributed by atoms with E-state index >= 15 is 0 Å². The van der Waals surface area contributed by atoms with E-state index in [4.69, 9.17) is 4.52 Å². The highest BCUT2D eigenvalue weighted by Gasteiger charge is 2.32. The van der Waals surface area contributed by atoms with E-state index in [2.05, 4.69) is 26.1 Å². The van der Waals surface area contributed by atoms with E-state index in [0.717, 1.165) is 17.8 Å². The fraction of sp³-hybridized carbons (Fsp3) is 0.304. The summed E-state index contributed by atoms with van der Waals surface area (Å²) in [4.78, 5) is 29.7. The average molecular weight is 492 g/mol. The predicted octanol–water partition coefficient (Wildman–Crippen LogP) is 2.50. The van der Waals surface area contributed by atoms with Crippen LogP contribution in [0.1, 0.15) is 22.6 Å². The van der Waals surface area contributed by atoms with E-state index < -0.39 is 29.5 Å². The number of piperidine rings is 1. The summed E-state index contributed by atoms with van der Waals surface area (Å²) in [6, 6.07) is 9.52. The van der Waals surface area contributed by atoms with Gasteiger partial charge in [-0.15, -0.1) is 12.4 Å². The Morgan fingerprint density at radius 1 is 1.18 bits per heavy atom. The summed E-state index contributed by atoms with van der Waals surface area (Å²) in [6.07, 6.45) is 2.86. The number of rotatable bonds is 7. The molecule has 3 aromatic rings. The minimum Gasteiger partial charge on any atom is -0.355 e. The molecule has 0 radical (unpaired) electrons. The van der Waals surface area contributed by atoms with Gasteiger partial charge in [0.05, 0.1) is 11.5 Å². The lowest BCUT2D eigenvalue weighted by Crippen LogP contribution is -2.55. The Bertz CT molecular complexity index is 1130. The second kappa shape index (κ2) is 11.7. The van der Waals surface area contributed by atoms with E-state index in [1.807, 2.05) is 18.2 Å². The number of hydrogen-bond donors (Lipinski definition) is 3. The maximum Gasteiger partial charge on any atom is 0.273 e. The number of aromatic nitrogens is 2. The normalized spacial score (nSPS) is 17.5. The summed E-state index contributed by atoms with van der Waals surface area (Å²) in [5.41, 5.74) is 0.820. The summed E-state index contributed by atoms with van der Waals surface area (Å²) in [5.74, 6) is -2.70. The lowest BCUT2D eigenvalue weighted by Gasteiger charge is -2.31. The Balaban J connectivity index is 0.00000324. The first-order valence-corrected chi connectivity index (χ1v) is 10.6. The maximum absolute atomic E-state index is 14.0. The van der Waals surface area contributed by atoms with Crippen LogP contribution in [0.3, 0.4) is 0 Å². The molecule has 4 rings (SSSR count). The van der Waals surface area contributed by atoms with Crippen molar-refractivity contribution in [1.82, 2.24) is 26.1 Å². The van der Waals surface area contributed by atoms with Gasteiger partial charge >= 0.3 is 0 Å². The monoisotopic (exact) mass is 491 g/mol. The minimum absolute atomic E-state index is 0. The molecule has 0 bridgehead atoms. The summed E-state index contributed by atoms with van der Waals surface area (Å²) >= 11 is 0. The van der Waals surface area contributed by atoms with Crippen molar-refractivity contribution in [2.45, 2.75) is 18.9 Å². The first-order valence-electron chi connectivity index (χ1n) is 10.6. The van der Waals surface area contributed by atoms with Gasteiger partial charge in [0.1, 0.15) is 11.6 Å². The van der Waals surface area contributed by atoms with Gasteiger partial charge in [0.25, 0.3) is 5.91 Å². The second-order valence-corrected chi connectivity index (χ2v) is 7.74. The van der Waals surface area contributed by atoms with E-state index in [1.165, 1.54) is 12.1 Å². The molecule has 1 aliphatic heterocycles. The molecule has 0 spiro atoms. The molecule has 34 heavy (non-hydrogen) atoms. The lowest BCUT2D eigenvalue weighted by molar-refractivity contribution is -0.126. The Hall–Kier alpha value is -3.37. The first kappa shape index (κ1) is 25.3. The van der Waals surface area contributed by atoms with E-state index in [0.29, 0.717) is 32.5 Å². The third-order valence-electron chi connectivity index (χ3n) is 5.48. The highest BCUT2D eigenvalue weighted by atomic mass is 35.5. The molecule has 3 heterocycles. The molecule has 3 N–H and O–H groups in total. The highest BCUT2D eigenvalue weighted by Crippen LogP contribution is 2.24. The maximum atomic E-state index is 14.0. The van der Waals surface area contributed by atoms with Crippen molar-refractivity contribution in [2.24, 2.45) is 5.92 Å². The number of carbonyl (C=O) groups excluding carboxylic acids is 2. The van der Waals surface area contributed by atoms with Crippen molar-refractivity contribution in [3.63, 3.8) is 0 Å². The standard InChI is InChI=1S/C23H23F2N5O3.ClH/c24-14-4-5-16(18(25)11-14)21-12-20(30-33-21)23(32)29-19-7-9-26-13-17(19)22(31)28-10-6-15-3-1-2-8-27-15;/h1-5,8,11-12,17,19,26H,6-7,9-10,13H2,(H,28,31)(H,29,32);1H/t17-,19-;/m1./s1. The zero-order valence-electron chi connectivity index (χ0n) is 18.1. The smallest absolute Gasteiger partial charge is 0.273 e. The van der Waals surface area contributed by atoms with E-state index in [1.54, 1.807) is 6.20 Å². The molecule has 11 heteroatoms. The predicted molar refractivity (Wildman–Crippen MR) is 122 cm³/mol. The Morgan fingerprint density at radius 3 is 2.79 bits per heavy atom. The van der Waals surface area contributed by atoms with Crippen molar-refractivity contribution in [1.29, 1.82) is 0 Å².